The lowest BCUT2D eigenvalue weighted by Gasteiger charge is -2.39. The molecular weight excluding hydrogens is 421 g/mol. The lowest BCUT2D eigenvalue weighted by atomic mass is 9.82. The van der Waals surface area contributed by atoms with Crippen molar-refractivity contribution >= 4 is 5.69 Å². The summed E-state index contributed by atoms with van der Waals surface area (Å²) in [5, 5.41) is 4.77. The van der Waals surface area contributed by atoms with Crippen LogP contribution in [-0.4, -0.2) is 39.9 Å². The van der Waals surface area contributed by atoms with Crippen molar-refractivity contribution in [3.05, 3.63) is 54.2 Å². The highest BCUT2D eigenvalue weighted by Crippen LogP contribution is 2.44. The van der Waals surface area contributed by atoms with Crippen LogP contribution in [-0.2, 0) is 6.42 Å². The van der Waals surface area contributed by atoms with Gasteiger partial charge in [-0.3, -0.25) is 0 Å². The van der Waals surface area contributed by atoms with Crippen molar-refractivity contribution in [2.75, 3.05) is 25.1 Å². The van der Waals surface area contributed by atoms with Gasteiger partial charge < -0.3 is 14.4 Å². The van der Waals surface area contributed by atoms with Gasteiger partial charge in [-0.2, -0.15) is 10.1 Å². The Labute approximate surface area is 193 Å². The Bertz CT molecular complexity index is 1100. The summed E-state index contributed by atoms with van der Waals surface area (Å²) in [6.45, 7) is 6.13. The molecule has 3 aromatic rings. The predicted molar refractivity (Wildman–Crippen MR) is 123 cm³/mol. The number of aromatic nitrogens is 4. The van der Waals surface area contributed by atoms with Crippen LogP contribution >= 0.6 is 0 Å². The first-order chi connectivity index (χ1) is 16.0. The van der Waals surface area contributed by atoms with Crippen molar-refractivity contribution in [3.63, 3.8) is 0 Å². The fourth-order valence-electron chi connectivity index (χ4n) is 5.28. The topological polar surface area (TPSA) is 65.3 Å². The molecule has 0 radical (unpaired) electrons. The summed E-state index contributed by atoms with van der Waals surface area (Å²) in [5.74, 6) is 3.29. The molecule has 33 heavy (non-hydrogen) atoms. The van der Waals surface area contributed by atoms with Crippen molar-refractivity contribution < 1.29 is 13.9 Å². The van der Waals surface area contributed by atoms with Crippen LogP contribution in [0.3, 0.4) is 0 Å². The number of hydrogen-bond donors (Lipinski definition) is 0. The lowest BCUT2D eigenvalue weighted by molar-refractivity contribution is 0.265. The van der Waals surface area contributed by atoms with Crippen LogP contribution in [0.15, 0.2) is 42.6 Å². The Kier molecular flexibility index (Phi) is 5.91. The van der Waals surface area contributed by atoms with Gasteiger partial charge in [0, 0.05) is 43.5 Å². The number of hydrogen-bond acceptors (Lipinski definition) is 6. The molecule has 3 heterocycles. The van der Waals surface area contributed by atoms with Crippen molar-refractivity contribution in [1.82, 2.24) is 19.7 Å². The third-order valence-corrected chi connectivity index (χ3v) is 6.88. The van der Waals surface area contributed by atoms with Gasteiger partial charge in [-0.25, -0.2) is 14.1 Å². The number of pyridine rings is 1. The molecule has 1 saturated carbocycles. The summed E-state index contributed by atoms with van der Waals surface area (Å²) in [7, 11) is 1.65. The average molecular weight is 452 g/mol. The molecule has 3 atom stereocenters. The summed E-state index contributed by atoms with van der Waals surface area (Å²) >= 11 is 0. The third kappa shape index (κ3) is 4.51. The Balaban J connectivity index is 1.31. The Morgan fingerprint density at radius 3 is 2.61 bits per heavy atom. The highest BCUT2D eigenvalue weighted by Gasteiger charge is 2.42. The Morgan fingerprint density at radius 1 is 1.12 bits per heavy atom. The zero-order valence-corrected chi connectivity index (χ0v) is 19.3. The van der Waals surface area contributed by atoms with Crippen LogP contribution in [0.5, 0.6) is 17.6 Å². The van der Waals surface area contributed by atoms with E-state index in [1.54, 1.807) is 23.9 Å². The summed E-state index contributed by atoms with van der Waals surface area (Å²) < 4.78 is 26.6. The van der Waals surface area contributed by atoms with E-state index in [1.807, 2.05) is 26.1 Å². The standard InChI is InChI=1S/C25H30FN5O2/c1-16(2)31-25(33-21-6-4-5-19(26)11-21)28-23(29-31)13-22-17-7-8-18(22)15-30(14-17)20-9-10-27-24(12-20)32-3/h4-6,9-12,16-18,22H,7-8,13-15H2,1-3H3/t17-,18+,22?. The van der Waals surface area contributed by atoms with Gasteiger partial charge in [0.1, 0.15) is 11.6 Å². The van der Waals surface area contributed by atoms with Gasteiger partial charge in [-0.1, -0.05) is 6.07 Å². The number of halogens is 1. The molecule has 0 amide bonds. The maximum atomic E-state index is 13.6. The molecule has 1 aromatic carbocycles. The summed E-state index contributed by atoms with van der Waals surface area (Å²) in [4.78, 5) is 11.4. The maximum absolute atomic E-state index is 13.6. The first kappa shape index (κ1) is 21.7. The molecule has 1 unspecified atom stereocenters. The van der Waals surface area contributed by atoms with E-state index in [4.69, 9.17) is 19.6 Å². The van der Waals surface area contributed by atoms with Crippen LogP contribution in [0.1, 0.15) is 38.6 Å². The van der Waals surface area contributed by atoms with Crippen LogP contribution < -0.4 is 14.4 Å². The first-order valence-electron chi connectivity index (χ1n) is 11.6. The van der Waals surface area contributed by atoms with Crippen molar-refractivity contribution in [1.29, 1.82) is 0 Å². The van der Waals surface area contributed by atoms with E-state index in [-0.39, 0.29) is 11.9 Å². The first-order valence-corrected chi connectivity index (χ1v) is 11.6. The van der Waals surface area contributed by atoms with Crippen molar-refractivity contribution in [2.45, 2.75) is 39.2 Å². The Hall–Kier alpha value is -3.16. The van der Waals surface area contributed by atoms with E-state index in [0.717, 1.165) is 25.3 Å². The minimum atomic E-state index is -0.335. The van der Waals surface area contributed by atoms with Gasteiger partial charge in [0.2, 0.25) is 5.88 Å². The minimum absolute atomic E-state index is 0.0926. The van der Waals surface area contributed by atoms with E-state index >= 15 is 0 Å². The monoisotopic (exact) mass is 451 g/mol. The highest BCUT2D eigenvalue weighted by molar-refractivity contribution is 5.49. The van der Waals surface area contributed by atoms with Crippen molar-refractivity contribution in [3.8, 4) is 17.6 Å². The van der Waals surface area contributed by atoms with E-state index in [2.05, 4.69) is 16.0 Å². The number of fused-ring (bicyclic) bond motifs is 2. The SMILES string of the molecule is COc1cc(N2C[C@H]3CC[C@@H](C2)C3Cc2nc(Oc3cccc(F)c3)n(C(C)C)n2)ccn1. The number of ether oxygens (including phenoxy) is 2. The second-order valence-electron chi connectivity index (χ2n) is 9.34. The number of nitrogens with zero attached hydrogens (tertiary/aromatic N) is 5. The zero-order chi connectivity index (χ0) is 22.9. The Morgan fingerprint density at radius 2 is 1.91 bits per heavy atom. The van der Waals surface area contributed by atoms with Gasteiger partial charge >= 0.3 is 6.01 Å². The van der Waals surface area contributed by atoms with E-state index in [1.165, 1.54) is 30.7 Å². The van der Waals surface area contributed by atoms with E-state index in [0.29, 0.717) is 35.4 Å². The van der Waals surface area contributed by atoms with Crippen molar-refractivity contribution in [2.24, 2.45) is 17.8 Å². The second kappa shape index (κ2) is 9.00. The van der Waals surface area contributed by atoms with Gasteiger partial charge in [0.25, 0.3) is 0 Å². The smallest absolute Gasteiger partial charge is 0.320 e. The number of benzene rings is 1. The fraction of sp³-hybridized carbons (Fsp3) is 0.480. The molecule has 5 rings (SSSR count). The molecule has 2 fully saturated rings. The highest BCUT2D eigenvalue weighted by atomic mass is 19.1. The summed E-state index contributed by atoms with van der Waals surface area (Å²) in [5.41, 5.74) is 1.17. The molecule has 2 aromatic heterocycles. The molecule has 7 nitrogen and oxygen atoms in total. The van der Waals surface area contributed by atoms with Crippen LogP contribution in [0.2, 0.25) is 0 Å². The quantitative estimate of drug-likeness (QED) is 0.509. The molecule has 1 saturated heterocycles. The summed E-state index contributed by atoms with van der Waals surface area (Å²) in [6.07, 6.45) is 5.10. The van der Waals surface area contributed by atoms with Gasteiger partial charge in [-0.15, -0.1) is 0 Å². The number of piperidine rings is 1. The van der Waals surface area contributed by atoms with Crippen LogP contribution in [0, 0.1) is 23.6 Å². The molecular formula is C25H30FN5O2. The maximum Gasteiger partial charge on any atom is 0.320 e. The number of rotatable bonds is 7. The fourth-order valence-corrected chi connectivity index (χ4v) is 5.28. The molecule has 0 N–H and O–H groups in total. The lowest BCUT2D eigenvalue weighted by Crippen LogP contribution is -2.42. The second-order valence-corrected chi connectivity index (χ2v) is 9.34. The van der Waals surface area contributed by atoms with Gasteiger partial charge in [-0.05, 0) is 62.6 Å². The van der Waals surface area contributed by atoms with Crippen LogP contribution in [0.25, 0.3) is 0 Å². The molecule has 2 aliphatic rings. The number of anilines is 1. The van der Waals surface area contributed by atoms with Crippen LogP contribution in [0.4, 0.5) is 10.1 Å². The van der Waals surface area contributed by atoms with E-state index < -0.39 is 0 Å². The zero-order valence-electron chi connectivity index (χ0n) is 19.3. The molecule has 1 aliphatic heterocycles. The average Bonchev–Trinajstić information content (AvgIpc) is 3.29. The van der Waals surface area contributed by atoms with Gasteiger partial charge in [0.05, 0.1) is 13.2 Å². The minimum Gasteiger partial charge on any atom is -0.481 e. The largest absolute Gasteiger partial charge is 0.481 e. The predicted octanol–water partition coefficient (Wildman–Crippen LogP) is 4.90. The van der Waals surface area contributed by atoms with Gasteiger partial charge in [0.15, 0.2) is 5.82 Å². The number of methoxy groups -OCH3 is 1. The molecule has 0 spiro atoms. The summed E-state index contributed by atoms with van der Waals surface area (Å²) in [6, 6.07) is 10.7. The molecule has 2 bridgehead atoms. The third-order valence-electron chi connectivity index (χ3n) is 6.88. The molecule has 1 aliphatic carbocycles. The molecule has 174 valence electrons. The molecule has 8 heteroatoms. The normalized spacial score (nSPS) is 22.1. The van der Waals surface area contributed by atoms with E-state index in [9.17, 15) is 4.39 Å².